The third kappa shape index (κ3) is 7.87. The number of aromatic nitrogens is 4. The number of rotatable bonds is 10. The molecular formula is C34H33N4O4P. The lowest BCUT2D eigenvalue weighted by Crippen LogP contribution is -2.35. The van der Waals surface area contributed by atoms with Crippen molar-refractivity contribution in [2.24, 2.45) is 0 Å². The molecule has 0 atom stereocenters. The minimum absolute atomic E-state index is 0.206. The van der Waals surface area contributed by atoms with Crippen molar-refractivity contribution < 1.29 is 19.1 Å². The van der Waals surface area contributed by atoms with Crippen molar-refractivity contribution in [3.8, 4) is 0 Å². The van der Waals surface area contributed by atoms with Crippen LogP contribution < -0.4 is 21.0 Å². The number of tetrazole rings is 1. The van der Waals surface area contributed by atoms with E-state index in [1.807, 2.05) is 121 Å². The Morgan fingerprint density at radius 3 is 1.58 bits per heavy atom. The minimum Gasteiger partial charge on any atom is -0.463 e. The Labute approximate surface area is 252 Å². The van der Waals surface area contributed by atoms with E-state index in [2.05, 4.69) is 20.6 Å². The van der Waals surface area contributed by atoms with Crippen molar-refractivity contribution in [2.75, 3.05) is 13.2 Å². The molecular weight excluding hydrogens is 559 g/mol. The second-order valence-electron chi connectivity index (χ2n) is 9.14. The van der Waals surface area contributed by atoms with Crippen LogP contribution in [0.15, 0.2) is 133 Å². The maximum atomic E-state index is 13.4. The zero-order valence-corrected chi connectivity index (χ0v) is 25.0. The highest BCUT2D eigenvalue weighted by Gasteiger charge is 2.53. The summed E-state index contributed by atoms with van der Waals surface area (Å²) in [6.45, 7) is 3.92. The molecule has 5 rings (SSSR count). The first-order valence-corrected chi connectivity index (χ1v) is 15.7. The fourth-order valence-corrected chi connectivity index (χ4v) is 8.85. The average Bonchev–Trinajstić information content (AvgIpc) is 3.57. The van der Waals surface area contributed by atoms with E-state index in [1.165, 1.54) is 11.6 Å². The number of benzene rings is 4. The maximum absolute atomic E-state index is 13.4. The van der Waals surface area contributed by atoms with Crippen LogP contribution in [-0.2, 0) is 25.5 Å². The molecule has 0 saturated heterocycles. The van der Waals surface area contributed by atoms with Gasteiger partial charge >= 0.3 is 11.9 Å². The highest BCUT2D eigenvalue weighted by molar-refractivity contribution is 7.99. The third-order valence-corrected chi connectivity index (χ3v) is 10.6. The number of carbonyl (C=O) groups excluding carboxylic acids is 2. The largest absolute Gasteiger partial charge is 0.463 e. The summed E-state index contributed by atoms with van der Waals surface area (Å²) in [7, 11) is -2.74. The molecule has 0 spiro atoms. The highest BCUT2D eigenvalue weighted by Crippen LogP contribution is 2.62. The Morgan fingerprint density at radius 2 is 1.16 bits per heavy atom. The molecule has 0 aliphatic heterocycles. The van der Waals surface area contributed by atoms with Crippen molar-refractivity contribution in [3.05, 3.63) is 144 Å². The average molecular weight is 593 g/mol. The number of nitrogens with zero attached hydrogens (tertiary/aromatic N) is 4. The van der Waals surface area contributed by atoms with Crippen molar-refractivity contribution in [2.45, 2.75) is 20.3 Å². The van der Waals surface area contributed by atoms with Gasteiger partial charge in [-0.2, -0.15) is 5.21 Å². The quantitative estimate of drug-likeness (QED) is 0.133. The van der Waals surface area contributed by atoms with Crippen LogP contribution in [-0.4, -0.2) is 40.7 Å². The molecule has 0 fully saturated rings. The molecule has 0 unspecified atom stereocenters. The molecule has 43 heavy (non-hydrogen) atoms. The predicted octanol–water partition coefficient (Wildman–Crippen LogP) is 4.41. The van der Waals surface area contributed by atoms with Gasteiger partial charge in [0.1, 0.15) is 15.9 Å². The van der Waals surface area contributed by atoms with Gasteiger partial charge in [-0.3, -0.25) is 10.3 Å². The minimum atomic E-state index is -2.74. The van der Waals surface area contributed by atoms with Gasteiger partial charge in [-0.05, 0) is 55.8 Å². The molecule has 0 amide bonds. The standard InChI is InChI=1S/C26H26O4P.C8H7N4/c1-3-29-25(27)20-24(26(28)30-4-2)31(21-14-8-5-9-15-21,22-16-10-6-11-17-22)23-18-12-7-13-19-23;1-2-4-7(5-3-1)6-8-9-11-12-10-8/h5-20H,3-4H2,1-2H3;1-5H,6H2/q+1;-1/b24-20-;. The number of esters is 2. The lowest BCUT2D eigenvalue weighted by atomic mass is 10.1. The lowest BCUT2D eigenvalue weighted by Gasteiger charge is -2.28. The Morgan fingerprint density at radius 1 is 0.698 bits per heavy atom. The van der Waals surface area contributed by atoms with E-state index < -0.39 is 19.2 Å². The predicted molar refractivity (Wildman–Crippen MR) is 169 cm³/mol. The van der Waals surface area contributed by atoms with E-state index in [0.29, 0.717) is 17.6 Å². The zero-order chi connectivity index (χ0) is 30.3. The van der Waals surface area contributed by atoms with Crippen LogP contribution in [0.4, 0.5) is 0 Å². The molecule has 0 radical (unpaired) electrons. The molecule has 0 N–H and O–H groups in total. The van der Waals surface area contributed by atoms with E-state index in [9.17, 15) is 9.59 Å². The maximum Gasteiger partial charge on any atom is 0.375 e. The van der Waals surface area contributed by atoms with Crippen LogP contribution in [0.3, 0.4) is 0 Å². The van der Waals surface area contributed by atoms with Gasteiger partial charge < -0.3 is 14.6 Å². The van der Waals surface area contributed by atoms with Crippen LogP contribution in [0.5, 0.6) is 0 Å². The lowest BCUT2D eigenvalue weighted by molar-refractivity contribution is -0.140. The van der Waals surface area contributed by atoms with Gasteiger partial charge in [-0.1, -0.05) is 84.9 Å². The summed E-state index contributed by atoms with van der Waals surface area (Å²) in [4.78, 5) is 26.0. The second-order valence-corrected chi connectivity index (χ2v) is 12.5. The Kier molecular flexibility index (Phi) is 11.5. The number of carbonyl (C=O) groups is 2. The number of ether oxygens (including phenoxy) is 2. The smallest absolute Gasteiger partial charge is 0.375 e. The molecule has 0 aliphatic carbocycles. The van der Waals surface area contributed by atoms with Gasteiger partial charge in [0.2, 0.25) is 5.31 Å². The Hall–Kier alpha value is -4.94. The monoisotopic (exact) mass is 592 g/mol. The Bertz CT molecular complexity index is 1480. The van der Waals surface area contributed by atoms with Crippen LogP contribution in [0.1, 0.15) is 25.2 Å². The van der Waals surface area contributed by atoms with Crippen molar-refractivity contribution in [1.82, 2.24) is 20.6 Å². The molecule has 1 heterocycles. The zero-order valence-electron chi connectivity index (χ0n) is 24.1. The molecule has 0 saturated carbocycles. The normalized spacial score (nSPS) is 11.2. The SMILES string of the molecule is CCOC(=O)/C=C(/C(=O)OCC)[P+](c1ccccc1)(c1ccccc1)c1ccccc1.c1ccc(Cc2nnn[n-]2)cc1. The molecule has 5 aromatic rings. The van der Waals surface area contributed by atoms with E-state index in [-0.39, 0.29) is 13.2 Å². The van der Waals surface area contributed by atoms with Crippen LogP contribution in [0.25, 0.3) is 0 Å². The topological polar surface area (TPSA) is 105 Å². The second kappa shape index (κ2) is 15.9. The van der Waals surface area contributed by atoms with E-state index >= 15 is 0 Å². The molecule has 9 heteroatoms. The van der Waals surface area contributed by atoms with E-state index in [0.717, 1.165) is 15.9 Å². The van der Waals surface area contributed by atoms with Crippen molar-refractivity contribution in [1.29, 1.82) is 0 Å². The summed E-state index contributed by atoms with van der Waals surface area (Å²) in [5, 5.41) is 17.5. The van der Waals surface area contributed by atoms with Gasteiger partial charge in [-0.15, -0.1) is 0 Å². The summed E-state index contributed by atoms with van der Waals surface area (Å²) in [6.07, 6.45) is 2.02. The van der Waals surface area contributed by atoms with Gasteiger partial charge in [0, 0.05) is 12.2 Å². The van der Waals surface area contributed by atoms with Gasteiger partial charge in [0.05, 0.1) is 19.3 Å². The van der Waals surface area contributed by atoms with Crippen LogP contribution in [0, 0.1) is 0 Å². The molecule has 4 aromatic carbocycles. The Balaban J connectivity index is 0.000000292. The van der Waals surface area contributed by atoms with Crippen LogP contribution in [0.2, 0.25) is 0 Å². The summed E-state index contributed by atoms with van der Waals surface area (Å²) in [5.74, 6) is -0.403. The molecule has 0 aliphatic rings. The summed E-state index contributed by atoms with van der Waals surface area (Å²) < 4.78 is 10.7. The highest BCUT2D eigenvalue weighted by atomic mass is 31.2. The van der Waals surface area contributed by atoms with Crippen molar-refractivity contribution >= 4 is 35.1 Å². The summed E-state index contributed by atoms with van der Waals surface area (Å²) in [6, 6.07) is 39.5. The van der Waals surface area contributed by atoms with Gasteiger partial charge in [0.25, 0.3) is 0 Å². The third-order valence-electron chi connectivity index (χ3n) is 6.38. The number of hydrogen-bond donors (Lipinski definition) is 0. The molecule has 1 aromatic heterocycles. The van der Waals surface area contributed by atoms with E-state index in [1.54, 1.807) is 13.8 Å². The first kappa shape index (κ1) is 31.0. The molecule has 8 nitrogen and oxygen atoms in total. The van der Waals surface area contributed by atoms with Crippen molar-refractivity contribution in [3.63, 3.8) is 0 Å². The van der Waals surface area contributed by atoms with Crippen LogP contribution >= 0.6 is 7.26 Å². The fraction of sp³-hybridized carbons (Fsp3) is 0.147. The fourth-order valence-electron chi connectivity index (χ4n) is 4.62. The number of hydrogen-bond acceptors (Lipinski definition) is 7. The van der Waals surface area contributed by atoms with Gasteiger partial charge in [-0.25, -0.2) is 9.59 Å². The summed E-state index contributed by atoms with van der Waals surface area (Å²) >= 11 is 0. The summed E-state index contributed by atoms with van der Waals surface area (Å²) in [5.41, 5.74) is 1.17. The van der Waals surface area contributed by atoms with E-state index in [4.69, 9.17) is 9.47 Å². The molecule has 0 bridgehead atoms. The van der Waals surface area contributed by atoms with Gasteiger partial charge in [0.15, 0.2) is 7.26 Å². The molecule has 218 valence electrons. The first-order chi connectivity index (χ1) is 21.1. The first-order valence-electron chi connectivity index (χ1n) is 13.9.